The number of carbonyl (C=O) groups is 1. The lowest BCUT2D eigenvalue weighted by atomic mass is 10.2. The van der Waals surface area contributed by atoms with E-state index in [9.17, 15) is 4.79 Å². The predicted octanol–water partition coefficient (Wildman–Crippen LogP) is 5.36. The van der Waals surface area contributed by atoms with Crippen LogP contribution in [-0.4, -0.2) is 18.7 Å². The topological polar surface area (TPSA) is 50.7 Å². The van der Waals surface area contributed by atoms with Crippen LogP contribution in [0.25, 0.3) is 0 Å². The molecule has 2 aromatic rings. The number of ether oxygens (including phenoxy) is 1. The van der Waals surface area contributed by atoms with E-state index in [1.165, 1.54) is 6.21 Å². The molecular weight excluding hydrogens is 483 g/mol. The van der Waals surface area contributed by atoms with E-state index in [0.717, 1.165) is 14.5 Å². The third-order valence-electron chi connectivity index (χ3n) is 2.90. The zero-order chi connectivity index (χ0) is 17.7. The van der Waals surface area contributed by atoms with Gasteiger partial charge in [-0.2, -0.15) is 5.10 Å². The Morgan fingerprint density at radius 3 is 2.71 bits per heavy atom. The minimum atomic E-state index is -0.384. The SMILES string of the molecule is Cc1cc(Br)cc(Br)c1OCC(=O)N/N=C/c1ccc(Cl)cc1Cl. The highest BCUT2D eigenvalue weighted by molar-refractivity contribution is 9.11. The molecule has 0 aromatic heterocycles. The van der Waals surface area contributed by atoms with Gasteiger partial charge in [0.1, 0.15) is 5.75 Å². The first-order valence-electron chi connectivity index (χ1n) is 6.72. The number of amides is 1. The third kappa shape index (κ3) is 5.48. The molecule has 4 nitrogen and oxygen atoms in total. The number of benzene rings is 2. The van der Waals surface area contributed by atoms with E-state index in [-0.39, 0.29) is 12.5 Å². The van der Waals surface area contributed by atoms with Crippen molar-refractivity contribution in [1.29, 1.82) is 0 Å². The zero-order valence-electron chi connectivity index (χ0n) is 12.4. The molecule has 0 spiro atoms. The van der Waals surface area contributed by atoms with Crippen molar-refractivity contribution >= 4 is 67.2 Å². The Morgan fingerprint density at radius 1 is 1.29 bits per heavy atom. The maximum Gasteiger partial charge on any atom is 0.277 e. The van der Waals surface area contributed by atoms with Crippen LogP contribution in [0.2, 0.25) is 10.0 Å². The number of aryl methyl sites for hydroxylation is 1. The van der Waals surface area contributed by atoms with Crippen LogP contribution in [0.1, 0.15) is 11.1 Å². The van der Waals surface area contributed by atoms with E-state index in [0.29, 0.717) is 21.4 Å². The second-order valence-electron chi connectivity index (χ2n) is 4.78. The van der Waals surface area contributed by atoms with E-state index < -0.39 is 0 Å². The molecule has 0 aliphatic carbocycles. The molecule has 0 aliphatic rings. The molecular formula is C16H12Br2Cl2N2O2. The summed E-state index contributed by atoms with van der Waals surface area (Å²) in [6.45, 7) is 1.73. The van der Waals surface area contributed by atoms with E-state index in [2.05, 4.69) is 42.4 Å². The van der Waals surface area contributed by atoms with Crippen molar-refractivity contribution in [3.8, 4) is 5.75 Å². The Hall–Kier alpha value is -1.08. The molecule has 2 aromatic carbocycles. The molecule has 0 atom stereocenters. The first-order valence-corrected chi connectivity index (χ1v) is 9.06. The summed E-state index contributed by atoms with van der Waals surface area (Å²) in [5.41, 5.74) is 3.93. The summed E-state index contributed by atoms with van der Waals surface area (Å²) in [6.07, 6.45) is 1.44. The van der Waals surface area contributed by atoms with Crippen molar-refractivity contribution in [2.24, 2.45) is 5.10 Å². The van der Waals surface area contributed by atoms with Crippen molar-refractivity contribution in [3.05, 3.63) is 60.4 Å². The number of hydrazone groups is 1. The van der Waals surface area contributed by atoms with Crippen LogP contribution in [0.3, 0.4) is 0 Å². The minimum Gasteiger partial charge on any atom is -0.482 e. The highest BCUT2D eigenvalue weighted by Crippen LogP contribution is 2.32. The molecule has 1 amide bonds. The molecule has 24 heavy (non-hydrogen) atoms. The Balaban J connectivity index is 1.91. The number of nitrogens with zero attached hydrogens (tertiary/aromatic N) is 1. The summed E-state index contributed by atoms with van der Waals surface area (Å²) in [7, 11) is 0. The summed E-state index contributed by atoms with van der Waals surface area (Å²) < 4.78 is 7.22. The smallest absolute Gasteiger partial charge is 0.277 e. The van der Waals surface area contributed by atoms with Crippen molar-refractivity contribution < 1.29 is 9.53 Å². The second kappa shape index (κ2) is 8.85. The lowest BCUT2D eigenvalue weighted by molar-refractivity contribution is -0.123. The first kappa shape index (κ1) is 19.2. The minimum absolute atomic E-state index is 0.160. The molecule has 126 valence electrons. The molecule has 0 radical (unpaired) electrons. The Labute approximate surface area is 166 Å². The van der Waals surface area contributed by atoms with Crippen LogP contribution in [-0.2, 0) is 4.79 Å². The molecule has 2 rings (SSSR count). The number of carbonyl (C=O) groups excluding carboxylic acids is 1. The molecule has 0 unspecified atom stereocenters. The lowest BCUT2D eigenvalue weighted by Crippen LogP contribution is -2.24. The average Bonchev–Trinajstić information content (AvgIpc) is 2.48. The molecule has 0 bridgehead atoms. The number of halogens is 4. The standard InChI is InChI=1S/C16H12Br2Cl2N2O2/c1-9-4-11(17)5-13(18)16(9)24-8-15(23)22-21-7-10-2-3-12(19)6-14(10)20/h2-7H,8H2,1H3,(H,22,23)/b21-7+. The van der Waals surface area contributed by atoms with Gasteiger partial charge in [-0.15, -0.1) is 0 Å². The monoisotopic (exact) mass is 492 g/mol. The van der Waals surface area contributed by atoms with Gasteiger partial charge in [-0.3, -0.25) is 4.79 Å². The highest BCUT2D eigenvalue weighted by Gasteiger charge is 2.09. The summed E-state index contributed by atoms with van der Waals surface area (Å²) in [6, 6.07) is 8.75. The van der Waals surface area contributed by atoms with Crippen LogP contribution in [0, 0.1) is 6.92 Å². The fourth-order valence-corrected chi connectivity index (χ4v) is 3.83. The molecule has 0 saturated carbocycles. The van der Waals surface area contributed by atoms with Gasteiger partial charge in [0.2, 0.25) is 0 Å². The van der Waals surface area contributed by atoms with Crippen molar-refractivity contribution in [1.82, 2.24) is 5.43 Å². The Morgan fingerprint density at radius 2 is 2.04 bits per heavy atom. The van der Waals surface area contributed by atoms with Crippen LogP contribution < -0.4 is 10.2 Å². The first-order chi connectivity index (χ1) is 11.4. The molecule has 0 heterocycles. The summed E-state index contributed by atoms with van der Waals surface area (Å²) in [5, 5.41) is 4.83. The van der Waals surface area contributed by atoms with Gasteiger partial charge in [0.05, 0.1) is 15.7 Å². The molecule has 0 fully saturated rings. The van der Waals surface area contributed by atoms with E-state index in [4.69, 9.17) is 27.9 Å². The molecule has 0 aliphatic heterocycles. The van der Waals surface area contributed by atoms with Gasteiger partial charge in [0.15, 0.2) is 6.61 Å². The summed E-state index contributed by atoms with van der Waals surface area (Å²) in [4.78, 5) is 11.8. The maximum atomic E-state index is 11.8. The molecule has 8 heteroatoms. The number of nitrogens with one attached hydrogen (secondary N) is 1. The lowest BCUT2D eigenvalue weighted by Gasteiger charge is -2.10. The van der Waals surface area contributed by atoms with E-state index in [1.807, 2.05) is 19.1 Å². The quantitative estimate of drug-likeness (QED) is 0.449. The van der Waals surface area contributed by atoms with Crippen LogP contribution in [0.4, 0.5) is 0 Å². The number of hydrogen-bond acceptors (Lipinski definition) is 3. The van der Waals surface area contributed by atoms with Gasteiger partial charge >= 0.3 is 0 Å². The maximum absolute atomic E-state index is 11.8. The van der Waals surface area contributed by atoms with Gasteiger partial charge in [-0.1, -0.05) is 45.2 Å². The Kier molecular flexibility index (Phi) is 7.10. The fraction of sp³-hybridized carbons (Fsp3) is 0.125. The summed E-state index contributed by atoms with van der Waals surface area (Å²) >= 11 is 18.6. The van der Waals surface area contributed by atoms with Crippen molar-refractivity contribution in [3.63, 3.8) is 0 Å². The summed E-state index contributed by atoms with van der Waals surface area (Å²) in [5.74, 6) is 0.226. The Bertz CT molecular complexity index is 775. The number of hydrogen-bond donors (Lipinski definition) is 1. The number of rotatable bonds is 5. The fourth-order valence-electron chi connectivity index (χ4n) is 1.82. The zero-order valence-corrected chi connectivity index (χ0v) is 17.1. The molecule has 0 saturated heterocycles. The van der Waals surface area contributed by atoms with Crippen LogP contribution in [0.5, 0.6) is 5.75 Å². The normalized spacial score (nSPS) is 10.9. The largest absolute Gasteiger partial charge is 0.482 e. The van der Waals surface area contributed by atoms with E-state index >= 15 is 0 Å². The highest BCUT2D eigenvalue weighted by atomic mass is 79.9. The van der Waals surface area contributed by atoms with E-state index in [1.54, 1.807) is 18.2 Å². The van der Waals surface area contributed by atoms with Gasteiger partial charge < -0.3 is 4.74 Å². The average molecular weight is 495 g/mol. The van der Waals surface area contributed by atoms with Gasteiger partial charge in [-0.25, -0.2) is 5.43 Å². The van der Waals surface area contributed by atoms with Crippen molar-refractivity contribution in [2.75, 3.05) is 6.61 Å². The van der Waals surface area contributed by atoms with Crippen LogP contribution in [0.15, 0.2) is 44.4 Å². The van der Waals surface area contributed by atoms with Crippen LogP contribution >= 0.6 is 55.1 Å². The predicted molar refractivity (Wildman–Crippen MR) is 104 cm³/mol. The van der Waals surface area contributed by atoms with Crippen molar-refractivity contribution in [2.45, 2.75) is 6.92 Å². The molecule has 1 N–H and O–H groups in total. The van der Waals surface area contributed by atoms with Gasteiger partial charge in [-0.05, 0) is 52.7 Å². The van der Waals surface area contributed by atoms with Gasteiger partial charge in [0, 0.05) is 15.1 Å². The second-order valence-corrected chi connectivity index (χ2v) is 7.39. The van der Waals surface area contributed by atoms with Gasteiger partial charge in [0.25, 0.3) is 5.91 Å². The third-order valence-corrected chi connectivity index (χ3v) is 4.51.